The lowest BCUT2D eigenvalue weighted by molar-refractivity contribution is -0.0928. The molecule has 1 saturated heterocycles. The third kappa shape index (κ3) is 3.18. The van der Waals surface area contributed by atoms with Gasteiger partial charge in [0.05, 0.1) is 11.7 Å². The van der Waals surface area contributed by atoms with E-state index in [9.17, 15) is 0 Å². The van der Waals surface area contributed by atoms with E-state index in [0.717, 1.165) is 0 Å². The van der Waals surface area contributed by atoms with Crippen molar-refractivity contribution >= 4 is 0 Å². The maximum atomic E-state index is 6.09. The van der Waals surface area contributed by atoms with Gasteiger partial charge in [-0.15, -0.1) is 0 Å². The van der Waals surface area contributed by atoms with Crippen molar-refractivity contribution in [3.8, 4) is 0 Å². The third-order valence-electron chi connectivity index (χ3n) is 3.37. The summed E-state index contributed by atoms with van der Waals surface area (Å²) in [5, 5.41) is 0. The van der Waals surface area contributed by atoms with Gasteiger partial charge in [-0.3, -0.25) is 0 Å². The van der Waals surface area contributed by atoms with Crippen LogP contribution in [0.4, 0.5) is 0 Å². The van der Waals surface area contributed by atoms with Gasteiger partial charge in [-0.05, 0) is 53.1 Å². The summed E-state index contributed by atoms with van der Waals surface area (Å²) in [7, 11) is 2.21. The summed E-state index contributed by atoms with van der Waals surface area (Å²) in [5.41, 5.74) is 0.332. The fourth-order valence-corrected chi connectivity index (χ4v) is 2.96. The lowest BCUT2D eigenvalue weighted by atomic mass is 9.82. The first-order valence-electron chi connectivity index (χ1n) is 6.01. The van der Waals surface area contributed by atoms with Crippen molar-refractivity contribution in [2.75, 3.05) is 13.6 Å². The number of hydrogen-bond acceptors (Lipinski definition) is 2. The van der Waals surface area contributed by atoms with E-state index in [4.69, 9.17) is 4.74 Å². The van der Waals surface area contributed by atoms with Crippen molar-refractivity contribution in [2.24, 2.45) is 5.41 Å². The minimum Gasteiger partial charge on any atom is -0.371 e. The van der Waals surface area contributed by atoms with E-state index in [1.807, 2.05) is 0 Å². The van der Waals surface area contributed by atoms with E-state index < -0.39 is 0 Å². The van der Waals surface area contributed by atoms with Gasteiger partial charge in [0.2, 0.25) is 0 Å². The number of likely N-dealkylation sites (N-methyl/N-ethyl adjacent to an activating group) is 1. The largest absolute Gasteiger partial charge is 0.371 e. The molecule has 0 radical (unpaired) electrons. The molecule has 0 aromatic rings. The molecule has 0 aromatic heterocycles. The van der Waals surface area contributed by atoms with Gasteiger partial charge in [0.1, 0.15) is 0 Å². The van der Waals surface area contributed by atoms with Crippen LogP contribution in [0.5, 0.6) is 0 Å². The first-order valence-corrected chi connectivity index (χ1v) is 6.01. The van der Waals surface area contributed by atoms with Crippen LogP contribution in [0.25, 0.3) is 0 Å². The Labute approximate surface area is 95.0 Å². The summed E-state index contributed by atoms with van der Waals surface area (Å²) in [6, 6.07) is 0.539. The molecule has 0 unspecified atom stereocenters. The molecule has 1 heterocycles. The van der Waals surface area contributed by atoms with Crippen LogP contribution in [0, 0.1) is 5.41 Å². The lowest BCUT2D eigenvalue weighted by Gasteiger charge is -2.38. The van der Waals surface area contributed by atoms with Crippen LogP contribution in [0.1, 0.15) is 48.0 Å². The number of nitrogens with zero attached hydrogens (tertiary/aromatic N) is 1. The molecule has 1 fully saturated rings. The Bertz CT molecular complexity index is 217. The molecule has 0 aromatic carbocycles. The summed E-state index contributed by atoms with van der Waals surface area (Å²) in [4.78, 5) is 2.44. The Balaban J connectivity index is 2.69. The number of hydrogen-bond donors (Lipinski definition) is 0. The van der Waals surface area contributed by atoms with Gasteiger partial charge in [0.15, 0.2) is 0 Å². The van der Waals surface area contributed by atoms with Crippen molar-refractivity contribution < 1.29 is 4.74 Å². The molecule has 1 aliphatic rings. The normalized spacial score (nSPS) is 29.4. The first kappa shape index (κ1) is 13.0. The highest BCUT2D eigenvalue weighted by Gasteiger charge is 2.42. The SMILES string of the molecule is C[C@H](OC(C)(C)C)[C@H]1N(C)CCC1(C)C. The topological polar surface area (TPSA) is 12.5 Å². The summed E-state index contributed by atoms with van der Waals surface area (Å²) >= 11 is 0. The smallest absolute Gasteiger partial charge is 0.0714 e. The van der Waals surface area contributed by atoms with Crippen LogP contribution in [0.3, 0.4) is 0 Å². The van der Waals surface area contributed by atoms with Crippen LogP contribution >= 0.6 is 0 Å². The molecule has 0 saturated carbocycles. The van der Waals surface area contributed by atoms with E-state index in [1.54, 1.807) is 0 Å². The van der Waals surface area contributed by atoms with Gasteiger partial charge in [-0.2, -0.15) is 0 Å². The van der Waals surface area contributed by atoms with Crippen molar-refractivity contribution in [2.45, 2.75) is 65.7 Å². The number of likely N-dealkylation sites (tertiary alicyclic amines) is 1. The van der Waals surface area contributed by atoms with Crippen LogP contribution in [0.2, 0.25) is 0 Å². The van der Waals surface area contributed by atoms with Crippen molar-refractivity contribution in [1.29, 1.82) is 0 Å². The second-order valence-corrected chi connectivity index (χ2v) is 6.60. The zero-order valence-corrected chi connectivity index (χ0v) is 11.4. The Hall–Kier alpha value is -0.0800. The minimum absolute atomic E-state index is 0.0427. The van der Waals surface area contributed by atoms with Gasteiger partial charge < -0.3 is 9.64 Å². The molecule has 0 amide bonds. The van der Waals surface area contributed by atoms with Gasteiger partial charge in [0, 0.05) is 6.04 Å². The summed E-state index contributed by atoms with van der Waals surface area (Å²) in [6.45, 7) is 14.5. The Morgan fingerprint density at radius 2 is 1.87 bits per heavy atom. The monoisotopic (exact) mass is 213 g/mol. The molecule has 2 atom stereocenters. The molecule has 15 heavy (non-hydrogen) atoms. The quantitative estimate of drug-likeness (QED) is 0.699. The van der Waals surface area contributed by atoms with E-state index in [1.165, 1.54) is 13.0 Å². The standard InChI is InChI=1S/C13H27NO/c1-10(15-12(2,3)4)11-13(5,6)8-9-14(11)7/h10-11H,8-9H2,1-7H3/t10-,11+/m0/s1. The molecule has 90 valence electrons. The fourth-order valence-electron chi connectivity index (χ4n) is 2.96. The minimum atomic E-state index is -0.0427. The third-order valence-corrected chi connectivity index (χ3v) is 3.37. The highest BCUT2D eigenvalue weighted by molar-refractivity contribution is 4.96. The Morgan fingerprint density at radius 3 is 2.20 bits per heavy atom. The molecule has 0 aliphatic carbocycles. The molecule has 1 rings (SSSR count). The second kappa shape index (κ2) is 4.06. The zero-order chi connectivity index (χ0) is 11.9. The average molecular weight is 213 g/mol. The number of ether oxygens (including phenoxy) is 1. The predicted molar refractivity (Wildman–Crippen MR) is 65.1 cm³/mol. The summed E-state index contributed by atoms with van der Waals surface area (Å²) in [5.74, 6) is 0. The maximum absolute atomic E-state index is 6.09. The first-order chi connectivity index (χ1) is 6.63. The van der Waals surface area contributed by atoms with Gasteiger partial charge in [-0.25, -0.2) is 0 Å². The van der Waals surface area contributed by atoms with Crippen molar-refractivity contribution in [3.63, 3.8) is 0 Å². The van der Waals surface area contributed by atoms with E-state index in [0.29, 0.717) is 17.6 Å². The molecule has 0 N–H and O–H groups in total. The van der Waals surface area contributed by atoms with Crippen molar-refractivity contribution in [3.05, 3.63) is 0 Å². The molecule has 2 nitrogen and oxygen atoms in total. The van der Waals surface area contributed by atoms with E-state index >= 15 is 0 Å². The lowest BCUT2D eigenvalue weighted by Crippen LogP contribution is -2.46. The zero-order valence-electron chi connectivity index (χ0n) is 11.4. The van der Waals surface area contributed by atoms with Crippen molar-refractivity contribution in [1.82, 2.24) is 4.90 Å². The number of rotatable bonds is 2. The molecule has 2 heteroatoms. The highest BCUT2D eigenvalue weighted by Crippen LogP contribution is 2.38. The van der Waals surface area contributed by atoms with Crippen LogP contribution < -0.4 is 0 Å². The average Bonchev–Trinajstić information content (AvgIpc) is 2.21. The van der Waals surface area contributed by atoms with Gasteiger partial charge >= 0.3 is 0 Å². The second-order valence-electron chi connectivity index (χ2n) is 6.60. The van der Waals surface area contributed by atoms with Gasteiger partial charge in [0.25, 0.3) is 0 Å². The molecule has 1 aliphatic heterocycles. The molecule has 0 spiro atoms. The van der Waals surface area contributed by atoms with E-state index in [2.05, 4.69) is 53.5 Å². The molecular formula is C13H27NO. The van der Waals surface area contributed by atoms with Gasteiger partial charge in [-0.1, -0.05) is 13.8 Å². The maximum Gasteiger partial charge on any atom is 0.0714 e. The Morgan fingerprint density at radius 1 is 1.33 bits per heavy atom. The van der Waals surface area contributed by atoms with Crippen LogP contribution in [0.15, 0.2) is 0 Å². The summed E-state index contributed by atoms with van der Waals surface area (Å²) in [6.07, 6.45) is 1.57. The molecule has 0 bridgehead atoms. The molecular weight excluding hydrogens is 186 g/mol. The van der Waals surface area contributed by atoms with Crippen LogP contribution in [-0.4, -0.2) is 36.2 Å². The predicted octanol–water partition coefficient (Wildman–Crippen LogP) is 2.92. The van der Waals surface area contributed by atoms with E-state index in [-0.39, 0.29) is 5.60 Å². The fraction of sp³-hybridized carbons (Fsp3) is 1.00. The highest BCUT2D eigenvalue weighted by atomic mass is 16.5. The Kier molecular flexibility index (Phi) is 3.52. The van der Waals surface area contributed by atoms with Crippen LogP contribution in [-0.2, 0) is 4.74 Å². The summed E-state index contributed by atoms with van der Waals surface area (Å²) < 4.78 is 6.09.